The van der Waals surface area contributed by atoms with Crippen LogP contribution in [0.3, 0.4) is 0 Å². The number of nitrogens with zero attached hydrogens (tertiary/aromatic N) is 1. The Morgan fingerprint density at radius 1 is 0.941 bits per heavy atom. The fraction of sp³-hybridized carbons (Fsp3) is 0.130. The second-order valence-corrected chi connectivity index (χ2v) is 10.00. The summed E-state index contributed by atoms with van der Waals surface area (Å²) in [5.41, 5.74) is 0.376. The molecule has 11 heteroatoms. The molecule has 3 rings (SSSR count). The molecule has 34 heavy (non-hydrogen) atoms. The molecule has 0 unspecified atom stereocenters. The van der Waals surface area contributed by atoms with Gasteiger partial charge in [0, 0.05) is 10.7 Å². The second-order valence-electron chi connectivity index (χ2n) is 6.88. The number of hydrogen-bond acceptors (Lipinski definition) is 5. The summed E-state index contributed by atoms with van der Waals surface area (Å²) in [7, 11) is -4.16. The average molecular weight is 542 g/mol. The smallest absolute Gasteiger partial charge is 0.339 e. The molecule has 0 aliphatic heterocycles. The van der Waals surface area contributed by atoms with Crippen LogP contribution >= 0.6 is 34.8 Å². The predicted octanol–water partition coefficient (Wildman–Crippen LogP) is 5.66. The molecule has 1 N–H and O–H groups in total. The number of ether oxygens (including phenoxy) is 1. The summed E-state index contributed by atoms with van der Waals surface area (Å²) in [6.07, 6.45) is 0. The van der Waals surface area contributed by atoms with Crippen molar-refractivity contribution >= 4 is 68.1 Å². The molecule has 0 spiro atoms. The minimum absolute atomic E-state index is 0.0232. The van der Waals surface area contributed by atoms with E-state index < -0.39 is 28.4 Å². The Balaban J connectivity index is 1.94. The summed E-state index contributed by atoms with van der Waals surface area (Å²) < 4.78 is 32.6. The number of rotatable bonds is 8. The van der Waals surface area contributed by atoms with E-state index in [2.05, 4.69) is 5.32 Å². The summed E-state index contributed by atoms with van der Waals surface area (Å²) in [6, 6.07) is 16.2. The monoisotopic (exact) mass is 540 g/mol. The van der Waals surface area contributed by atoms with Crippen molar-refractivity contribution in [3.63, 3.8) is 0 Å². The lowest BCUT2D eigenvalue weighted by Gasteiger charge is -2.25. The van der Waals surface area contributed by atoms with Crippen molar-refractivity contribution in [2.75, 3.05) is 22.8 Å². The molecular weight excluding hydrogens is 523 g/mol. The Morgan fingerprint density at radius 2 is 1.65 bits per heavy atom. The third-order valence-electron chi connectivity index (χ3n) is 4.54. The van der Waals surface area contributed by atoms with Crippen molar-refractivity contribution in [2.24, 2.45) is 0 Å². The first-order valence-corrected chi connectivity index (χ1v) is 12.5. The maximum absolute atomic E-state index is 13.4. The molecular formula is C23H19Cl3N2O5S. The molecule has 0 saturated carbocycles. The lowest BCUT2D eigenvalue weighted by Crippen LogP contribution is -2.38. The highest BCUT2D eigenvalue weighted by Gasteiger charge is 2.29. The van der Waals surface area contributed by atoms with Gasteiger partial charge in [0.15, 0.2) is 0 Å². The van der Waals surface area contributed by atoms with Gasteiger partial charge in [-0.05, 0) is 55.5 Å². The van der Waals surface area contributed by atoms with E-state index in [-0.39, 0.29) is 38.5 Å². The minimum Gasteiger partial charge on any atom is -0.462 e. The quantitative estimate of drug-likeness (QED) is 0.372. The largest absolute Gasteiger partial charge is 0.462 e. The van der Waals surface area contributed by atoms with Crippen molar-refractivity contribution in [3.8, 4) is 0 Å². The van der Waals surface area contributed by atoms with Crippen LogP contribution in [-0.2, 0) is 19.6 Å². The number of halogens is 3. The van der Waals surface area contributed by atoms with Gasteiger partial charge < -0.3 is 10.1 Å². The highest BCUT2D eigenvalue weighted by Crippen LogP contribution is 2.32. The summed E-state index contributed by atoms with van der Waals surface area (Å²) in [6.45, 7) is 1.21. The Labute approximate surface area is 212 Å². The second kappa shape index (κ2) is 11.1. The lowest BCUT2D eigenvalue weighted by molar-refractivity contribution is -0.114. The highest BCUT2D eigenvalue weighted by molar-refractivity contribution is 7.92. The van der Waals surface area contributed by atoms with Crippen LogP contribution < -0.4 is 9.62 Å². The molecule has 0 radical (unpaired) electrons. The van der Waals surface area contributed by atoms with Gasteiger partial charge in [-0.15, -0.1) is 0 Å². The Morgan fingerprint density at radius 3 is 2.29 bits per heavy atom. The van der Waals surface area contributed by atoms with Gasteiger partial charge in [0.05, 0.1) is 32.8 Å². The Kier molecular flexibility index (Phi) is 8.43. The lowest BCUT2D eigenvalue weighted by atomic mass is 10.2. The van der Waals surface area contributed by atoms with Gasteiger partial charge in [-0.3, -0.25) is 9.10 Å². The highest BCUT2D eigenvalue weighted by atomic mass is 35.5. The van der Waals surface area contributed by atoms with Gasteiger partial charge in [0.1, 0.15) is 6.54 Å². The van der Waals surface area contributed by atoms with Crippen LogP contribution in [0.25, 0.3) is 0 Å². The number of carbonyl (C=O) groups is 2. The molecule has 0 bridgehead atoms. The first-order chi connectivity index (χ1) is 16.1. The van der Waals surface area contributed by atoms with Gasteiger partial charge >= 0.3 is 5.97 Å². The van der Waals surface area contributed by atoms with Crippen molar-refractivity contribution < 1.29 is 22.7 Å². The molecule has 0 atom stereocenters. The first kappa shape index (κ1) is 25.8. The van der Waals surface area contributed by atoms with E-state index in [9.17, 15) is 18.0 Å². The number of sulfonamides is 1. The number of anilines is 2. The fourth-order valence-electron chi connectivity index (χ4n) is 3.00. The van der Waals surface area contributed by atoms with Gasteiger partial charge in [0.2, 0.25) is 5.91 Å². The van der Waals surface area contributed by atoms with Crippen molar-refractivity contribution in [1.82, 2.24) is 0 Å². The normalized spacial score (nSPS) is 11.1. The van der Waals surface area contributed by atoms with Gasteiger partial charge in [-0.2, -0.15) is 0 Å². The Bertz CT molecular complexity index is 1320. The van der Waals surface area contributed by atoms with E-state index >= 15 is 0 Å². The summed E-state index contributed by atoms with van der Waals surface area (Å²) in [4.78, 5) is 25.0. The molecule has 0 aliphatic rings. The third kappa shape index (κ3) is 6.01. The van der Waals surface area contributed by atoms with Crippen molar-refractivity contribution in [3.05, 3.63) is 87.4 Å². The molecule has 3 aromatic carbocycles. The summed E-state index contributed by atoms with van der Waals surface area (Å²) in [5.74, 6) is -1.33. The average Bonchev–Trinajstić information content (AvgIpc) is 2.80. The molecule has 0 fully saturated rings. The molecule has 7 nitrogen and oxygen atoms in total. The number of benzene rings is 3. The molecule has 0 heterocycles. The number of hydrogen-bond donors (Lipinski definition) is 1. The molecule has 3 aromatic rings. The van der Waals surface area contributed by atoms with Crippen molar-refractivity contribution in [1.29, 1.82) is 0 Å². The molecule has 178 valence electrons. The van der Waals surface area contributed by atoms with Crippen LogP contribution in [0.15, 0.2) is 71.6 Å². The SMILES string of the molecule is CCOC(=O)c1cc(NC(=O)CN(c2ccc(Cl)cc2Cl)S(=O)(=O)c2ccccc2)ccc1Cl. The van der Waals surface area contributed by atoms with Crippen LogP contribution in [0.4, 0.5) is 11.4 Å². The van der Waals surface area contributed by atoms with Crippen LogP contribution in [0.1, 0.15) is 17.3 Å². The number of esters is 1. The van der Waals surface area contributed by atoms with E-state index in [1.54, 1.807) is 25.1 Å². The zero-order chi connectivity index (χ0) is 24.9. The standard InChI is InChI=1S/C23H19Cl3N2O5S/c1-2-33-23(30)18-13-16(9-10-19(18)25)27-22(29)14-28(21-11-8-15(24)12-20(21)26)34(31,32)17-6-4-3-5-7-17/h3-13H,2,14H2,1H3,(H,27,29). The fourth-order valence-corrected chi connectivity index (χ4v) is 5.22. The maximum atomic E-state index is 13.4. The van der Waals surface area contributed by atoms with E-state index in [0.29, 0.717) is 5.02 Å². The van der Waals surface area contributed by atoms with Crippen LogP contribution in [0.2, 0.25) is 15.1 Å². The van der Waals surface area contributed by atoms with Gasteiger partial charge in [-0.25, -0.2) is 13.2 Å². The van der Waals surface area contributed by atoms with Crippen LogP contribution in [0, 0.1) is 0 Å². The van der Waals surface area contributed by atoms with Crippen molar-refractivity contribution in [2.45, 2.75) is 11.8 Å². The number of carbonyl (C=O) groups excluding carboxylic acids is 2. The van der Waals surface area contributed by atoms with E-state index in [4.69, 9.17) is 39.5 Å². The van der Waals surface area contributed by atoms with E-state index in [0.717, 1.165) is 4.31 Å². The van der Waals surface area contributed by atoms with E-state index in [1.165, 1.54) is 48.5 Å². The molecule has 0 aromatic heterocycles. The molecule has 1 amide bonds. The topological polar surface area (TPSA) is 92.8 Å². The van der Waals surface area contributed by atoms with Gasteiger partial charge in [0.25, 0.3) is 10.0 Å². The number of amides is 1. The van der Waals surface area contributed by atoms with E-state index in [1.807, 2.05) is 0 Å². The zero-order valence-electron chi connectivity index (χ0n) is 17.8. The molecule has 0 saturated heterocycles. The minimum atomic E-state index is -4.16. The first-order valence-electron chi connectivity index (χ1n) is 9.93. The third-order valence-corrected chi connectivity index (χ3v) is 7.18. The maximum Gasteiger partial charge on any atom is 0.339 e. The Hall–Kier alpha value is -2.78. The predicted molar refractivity (Wildman–Crippen MR) is 133 cm³/mol. The van der Waals surface area contributed by atoms with Crippen LogP contribution in [0.5, 0.6) is 0 Å². The summed E-state index contributed by atoms with van der Waals surface area (Å²) in [5, 5.41) is 3.09. The zero-order valence-corrected chi connectivity index (χ0v) is 20.9. The molecule has 0 aliphatic carbocycles. The summed E-state index contributed by atoms with van der Waals surface area (Å²) >= 11 is 18.3. The number of nitrogens with one attached hydrogen (secondary N) is 1. The van der Waals surface area contributed by atoms with Gasteiger partial charge in [-0.1, -0.05) is 53.0 Å². The van der Waals surface area contributed by atoms with Crippen LogP contribution in [-0.4, -0.2) is 33.4 Å².